The third kappa shape index (κ3) is 1.74. The summed E-state index contributed by atoms with van der Waals surface area (Å²) in [5.41, 5.74) is 2.38. The van der Waals surface area contributed by atoms with Gasteiger partial charge >= 0.3 is 0 Å². The van der Waals surface area contributed by atoms with E-state index in [9.17, 15) is 0 Å². The summed E-state index contributed by atoms with van der Waals surface area (Å²) in [7, 11) is 0. The molecule has 0 bridgehead atoms. The lowest BCUT2D eigenvalue weighted by Gasteiger charge is -2.00. The van der Waals surface area contributed by atoms with Gasteiger partial charge in [0.2, 0.25) is 0 Å². The summed E-state index contributed by atoms with van der Waals surface area (Å²) in [6, 6.07) is 16.9. The molecule has 0 saturated heterocycles. The Labute approximate surface area is 115 Å². The minimum Gasteiger partial charge on any atom is -0.339 e. The lowest BCUT2D eigenvalue weighted by atomic mass is 10.1. The number of amidine groups is 1. The molecule has 3 aromatic rings. The molecule has 3 heteroatoms. The van der Waals surface area contributed by atoms with E-state index in [-0.39, 0.29) is 0 Å². The van der Waals surface area contributed by atoms with E-state index in [0.717, 1.165) is 18.1 Å². The Morgan fingerprint density at radius 2 is 1.89 bits per heavy atom. The van der Waals surface area contributed by atoms with Gasteiger partial charge in [0.15, 0.2) is 0 Å². The molecular weight excluding hydrogens is 252 g/mol. The van der Waals surface area contributed by atoms with Gasteiger partial charge < -0.3 is 5.32 Å². The van der Waals surface area contributed by atoms with Crippen LogP contribution >= 0.6 is 11.3 Å². The Hall–Kier alpha value is -2.13. The van der Waals surface area contributed by atoms with Gasteiger partial charge in [0, 0.05) is 21.5 Å². The molecule has 0 fully saturated rings. The van der Waals surface area contributed by atoms with E-state index in [1.807, 2.05) is 0 Å². The maximum Gasteiger partial charge on any atom is 0.133 e. The fraction of sp³-hybridized carbons (Fsp3) is 0.0625. The smallest absolute Gasteiger partial charge is 0.133 e. The Kier molecular flexibility index (Phi) is 2.38. The molecule has 1 aromatic heterocycles. The van der Waals surface area contributed by atoms with Crippen LogP contribution in [0.4, 0.5) is 5.69 Å². The lowest BCUT2D eigenvalue weighted by Crippen LogP contribution is -2.07. The highest BCUT2D eigenvalue weighted by Gasteiger charge is 2.18. The number of aliphatic imine (C=N–C) groups is 1. The maximum atomic E-state index is 4.72. The van der Waals surface area contributed by atoms with E-state index in [1.54, 1.807) is 11.3 Å². The highest BCUT2D eigenvalue weighted by Crippen LogP contribution is 2.33. The zero-order valence-electron chi connectivity index (χ0n) is 10.3. The number of benzene rings is 2. The van der Waals surface area contributed by atoms with Crippen LogP contribution < -0.4 is 5.32 Å². The van der Waals surface area contributed by atoms with Crippen molar-refractivity contribution in [1.29, 1.82) is 0 Å². The van der Waals surface area contributed by atoms with Crippen LogP contribution in [-0.2, 0) is 6.54 Å². The molecule has 1 aliphatic heterocycles. The summed E-state index contributed by atoms with van der Waals surface area (Å²) in [6.45, 7) is 0.740. The summed E-state index contributed by atoms with van der Waals surface area (Å²) in [6.07, 6.45) is 0. The van der Waals surface area contributed by atoms with Crippen LogP contribution in [0, 0.1) is 0 Å². The zero-order chi connectivity index (χ0) is 12.7. The topological polar surface area (TPSA) is 24.4 Å². The van der Waals surface area contributed by atoms with Gasteiger partial charge in [0.1, 0.15) is 5.84 Å². The molecule has 0 aliphatic carbocycles. The first kappa shape index (κ1) is 10.8. The molecule has 4 rings (SSSR count). The van der Waals surface area contributed by atoms with Crippen molar-refractivity contribution in [3.8, 4) is 0 Å². The number of anilines is 1. The molecule has 0 atom stereocenters. The van der Waals surface area contributed by atoms with Crippen LogP contribution in [-0.4, -0.2) is 5.84 Å². The average molecular weight is 264 g/mol. The van der Waals surface area contributed by atoms with Crippen molar-refractivity contribution in [3.63, 3.8) is 0 Å². The van der Waals surface area contributed by atoms with Crippen molar-refractivity contribution >= 4 is 33.6 Å². The molecule has 0 spiro atoms. The Morgan fingerprint density at radius 3 is 2.74 bits per heavy atom. The number of nitrogens with zero attached hydrogens (tertiary/aromatic N) is 1. The van der Waals surface area contributed by atoms with Gasteiger partial charge in [0.05, 0.1) is 6.54 Å². The average Bonchev–Trinajstić information content (AvgIpc) is 3.07. The predicted molar refractivity (Wildman–Crippen MR) is 82.1 cm³/mol. The quantitative estimate of drug-likeness (QED) is 0.734. The second kappa shape index (κ2) is 4.21. The maximum absolute atomic E-state index is 4.72. The third-order valence-electron chi connectivity index (χ3n) is 3.39. The Bertz CT molecular complexity index is 767. The molecule has 0 amide bonds. The van der Waals surface area contributed by atoms with E-state index in [1.165, 1.54) is 21.2 Å². The molecule has 2 aromatic carbocycles. The molecule has 92 valence electrons. The molecule has 0 unspecified atom stereocenters. The van der Waals surface area contributed by atoms with Crippen LogP contribution in [0.1, 0.15) is 10.4 Å². The third-order valence-corrected chi connectivity index (χ3v) is 4.25. The lowest BCUT2D eigenvalue weighted by molar-refractivity contribution is 1.10. The van der Waals surface area contributed by atoms with Crippen LogP contribution in [0.25, 0.3) is 10.8 Å². The first-order chi connectivity index (χ1) is 9.42. The molecule has 1 N–H and O–H groups in total. The van der Waals surface area contributed by atoms with Crippen LogP contribution in [0.2, 0.25) is 0 Å². The summed E-state index contributed by atoms with van der Waals surface area (Å²) < 4.78 is 0. The minimum absolute atomic E-state index is 0.740. The normalized spacial score (nSPS) is 15.1. The monoisotopic (exact) mass is 264 g/mol. The number of rotatable bonds is 2. The van der Waals surface area contributed by atoms with Crippen molar-refractivity contribution in [2.75, 3.05) is 5.32 Å². The van der Waals surface area contributed by atoms with Crippen LogP contribution in [0.15, 0.2) is 58.9 Å². The molecular formula is C16H12N2S. The van der Waals surface area contributed by atoms with E-state index in [2.05, 4.69) is 59.2 Å². The molecule has 2 heterocycles. The molecule has 19 heavy (non-hydrogen) atoms. The van der Waals surface area contributed by atoms with Gasteiger partial charge in [-0.15, -0.1) is 11.3 Å². The Morgan fingerprint density at radius 1 is 1.00 bits per heavy atom. The molecule has 0 saturated carbocycles. The van der Waals surface area contributed by atoms with Gasteiger partial charge in [-0.1, -0.05) is 36.4 Å². The van der Waals surface area contributed by atoms with E-state index < -0.39 is 0 Å². The second-order valence-electron chi connectivity index (χ2n) is 4.58. The van der Waals surface area contributed by atoms with E-state index in [4.69, 9.17) is 4.99 Å². The van der Waals surface area contributed by atoms with Crippen molar-refractivity contribution in [2.24, 2.45) is 4.99 Å². The van der Waals surface area contributed by atoms with E-state index >= 15 is 0 Å². The number of nitrogens with one attached hydrogen (secondary N) is 1. The number of hydrogen-bond acceptors (Lipinski definition) is 2. The SMILES string of the molecule is c1csc(CN=C2Nc3cccc4cccc2c34)c1. The van der Waals surface area contributed by atoms with Crippen molar-refractivity contribution in [2.45, 2.75) is 6.54 Å². The predicted octanol–water partition coefficient (Wildman–Crippen LogP) is 4.27. The first-order valence-corrected chi connectivity index (χ1v) is 7.16. The van der Waals surface area contributed by atoms with Crippen molar-refractivity contribution in [1.82, 2.24) is 0 Å². The summed E-state index contributed by atoms with van der Waals surface area (Å²) in [5, 5.41) is 8.07. The Balaban J connectivity index is 1.79. The van der Waals surface area contributed by atoms with Crippen LogP contribution in [0.5, 0.6) is 0 Å². The largest absolute Gasteiger partial charge is 0.339 e. The highest BCUT2D eigenvalue weighted by atomic mass is 32.1. The van der Waals surface area contributed by atoms with Gasteiger partial charge in [-0.25, -0.2) is 0 Å². The highest BCUT2D eigenvalue weighted by molar-refractivity contribution is 7.09. The fourth-order valence-corrected chi connectivity index (χ4v) is 3.15. The van der Waals surface area contributed by atoms with E-state index in [0.29, 0.717) is 0 Å². The van der Waals surface area contributed by atoms with Crippen molar-refractivity contribution in [3.05, 3.63) is 64.4 Å². The van der Waals surface area contributed by atoms with Crippen molar-refractivity contribution < 1.29 is 0 Å². The summed E-state index contributed by atoms with van der Waals surface area (Å²) in [4.78, 5) is 6.01. The van der Waals surface area contributed by atoms with Crippen LogP contribution in [0.3, 0.4) is 0 Å². The standard InChI is InChI=1S/C16H12N2S/c1-4-11-5-2-8-14-15(11)13(7-1)16(18-14)17-10-12-6-3-9-19-12/h1-9H,10H2,(H,17,18). The van der Waals surface area contributed by atoms with Gasteiger partial charge in [-0.2, -0.15) is 0 Å². The number of hydrogen-bond donors (Lipinski definition) is 1. The fourth-order valence-electron chi connectivity index (χ4n) is 2.52. The van der Waals surface area contributed by atoms with Gasteiger partial charge in [-0.3, -0.25) is 4.99 Å². The number of thiophene rings is 1. The van der Waals surface area contributed by atoms with Gasteiger partial charge in [-0.05, 0) is 22.9 Å². The molecule has 2 nitrogen and oxygen atoms in total. The first-order valence-electron chi connectivity index (χ1n) is 6.28. The zero-order valence-corrected chi connectivity index (χ0v) is 11.1. The molecule has 0 radical (unpaired) electrons. The second-order valence-corrected chi connectivity index (χ2v) is 5.61. The minimum atomic E-state index is 0.740. The summed E-state index contributed by atoms with van der Waals surface area (Å²) >= 11 is 1.75. The molecule has 1 aliphatic rings. The van der Waals surface area contributed by atoms with Gasteiger partial charge in [0.25, 0.3) is 0 Å². The summed E-state index contributed by atoms with van der Waals surface area (Å²) in [5.74, 6) is 0.986.